The van der Waals surface area contributed by atoms with Gasteiger partial charge < -0.3 is 9.47 Å². The Balaban J connectivity index is 1.56. The highest BCUT2D eigenvalue weighted by atomic mass is 16.2. The molecule has 1 aliphatic rings. The number of pyridine rings is 1. The summed E-state index contributed by atoms with van der Waals surface area (Å²) < 4.78 is 1.97. The molecule has 21 heavy (non-hydrogen) atoms. The first kappa shape index (κ1) is 13.7. The smallest absolute Gasteiger partial charge is 0.226 e. The van der Waals surface area contributed by atoms with Gasteiger partial charge >= 0.3 is 0 Å². The normalized spacial score (nSPS) is 16.1. The van der Waals surface area contributed by atoms with Gasteiger partial charge in [-0.15, -0.1) is 10.2 Å². The Kier molecular flexibility index (Phi) is 3.94. The first-order valence-corrected chi connectivity index (χ1v) is 7.24. The van der Waals surface area contributed by atoms with Crippen molar-refractivity contribution in [2.45, 2.75) is 25.2 Å². The zero-order valence-corrected chi connectivity index (χ0v) is 12.1. The molecule has 1 saturated heterocycles. The van der Waals surface area contributed by atoms with Crippen LogP contribution in [0.3, 0.4) is 0 Å². The predicted molar refractivity (Wildman–Crippen MR) is 77.5 cm³/mol. The highest BCUT2D eigenvalue weighted by Crippen LogP contribution is 2.26. The summed E-state index contributed by atoms with van der Waals surface area (Å²) in [6.45, 7) is 1.59. The van der Waals surface area contributed by atoms with Crippen LogP contribution >= 0.6 is 0 Å². The molecule has 1 aliphatic heterocycles. The Morgan fingerprint density at radius 1 is 1.29 bits per heavy atom. The fourth-order valence-corrected chi connectivity index (χ4v) is 2.84. The third-order valence-corrected chi connectivity index (χ3v) is 4.06. The number of likely N-dealkylation sites (tertiary alicyclic amines) is 1. The second-order valence-corrected chi connectivity index (χ2v) is 5.49. The minimum absolute atomic E-state index is 0.192. The Hall–Kier alpha value is -2.24. The van der Waals surface area contributed by atoms with Crippen molar-refractivity contribution >= 4 is 5.91 Å². The Morgan fingerprint density at radius 2 is 2.00 bits per heavy atom. The van der Waals surface area contributed by atoms with E-state index in [1.54, 1.807) is 18.7 Å². The van der Waals surface area contributed by atoms with Crippen LogP contribution in [0.2, 0.25) is 0 Å². The molecule has 2 aromatic heterocycles. The van der Waals surface area contributed by atoms with Gasteiger partial charge in [0.25, 0.3) is 0 Å². The lowest BCUT2D eigenvalue weighted by atomic mass is 9.95. The Morgan fingerprint density at radius 3 is 2.62 bits per heavy atom. The van der Waals surface area contributed by atoms with Crippen LogP contribution in [0, 0.1) is 0 Å². The van der Waals surface area contributed by atoms with Gasteiger partial charge in [-0.1, -0.05) is 0 Å². The number of carbonyl (C=O) groups is 1. The average Bonchev–Trinajstić information content (AvgIpc) is 2.94. The van der Waals surface area contributed by atoms with Crippen LogP contribution in [0.15, 0.2) is 30.9 Å². The second-order valence-electron chi connectivity index (χ2n) is 5.49. The minimum atomic E-state index is 0.192. The molecule has 110 valence electrons. The number of rotatable bonds is 3. The first-order chi connectivity index (χ1) is 10.2. The molecular weight excluding hydrogens is 266 g/mol. The Labute approximate surface area is 123 Å². The van der Waals surface area contributed by atoms with E-state index < -0.39 is 0 Å². The molecular formula is C15H19N5O. The summed E-state index contributed by atoms with van der Waals surface area (Å²) >= 11 is 0. The predicted octanol–water partition coefficient (Wildman–Crippen LogP) is 1.16. The van der Waals surface area contributed by atoms with Crippen LogP contribution in [0.4, 0.5) is 0 Å². The summed E-state index contributed by atoms with van der Waals surface area (Å²) in [6.07, 6.45) is 7.54. The molecule has 0 unspecified atom stereocenters. The molecule has 3 heterocycles. The lowest BCUT2D eigenvalue weighted by molar-refractivity contribution is -0.131. The molecule has 6 heteroatoms. The highest BCUT2D eigenvalue weighted by molar-refractivity contribution is 5.78. The van der Waals surface area contributed by atoms with E-state index in [2.05, 4.69) is 15.2 Å². The molecule has 1 fully saturated rings. The number of nitrogens with zero attached hydrogens (tertiary/aromatic N) is 5. The van der Waals surface area contributed by atoms with E-state index >= 15 is 0 Å². The topological polar surface area (TPSA) is 63.9 Å². The Bertz CT molecular complexity index is 602. The molecule has 0 N–H and O–H groups in total. The molecule has 0 saturated carbocycles. The van der Waals surface area contributed by atoms with E-state index in [1.807, 2.05) is 28.6 Å². The van der Waals surface area contributed by atoms with Crippen LogP contribution in [0.5, 0.6) is 0 Å². The van der Waals surface area contributed by atoms with Crippen molar-refractivity contribution in [3.05, 3.63) is 42.2 Å². The van der Waals surface area contributed by atoms with Gasteiger partial charge in [-0.3, -0.25) is 9.78 Å². The average molecular weight is 285 g/mol. The van der Waals surface area contributed by atoms with E-state index in [-0.39, 0.29) is 5.91 Å². The molecule has 6 nitrogen and oxygen atoms in total. The van der Waals surface area contributed by atoms with Gasteiger partial charge in [0.1, 0.15) is 12.2 Å². The summed E-state index contributed by atoms with van der Waals surface area (Å²) in [4.78, 5) is 18.2. The van der Waals surface area contributed by atoms with Crippen molar-refractivity contribution in [2.24, 2.45) is 7.05 Å². The lowest BCUT2D eigenvalue weighted by Crippen LogP contribution is -2.39. The van der Waals surface area contributed by atoms with Crippen molar-refractivity contribution in [1.29, 1.82) is 0 Å². The van der Waals surface area contributed by atoms with Crippen molar-refractivity contribution in [2.75, 3.05) is 13.1 Å². The van der Waals surface area contributed by atoms with Gasteiger partial charge in [-0.2, -0.15) is 0 Å². The number of aryl methyl sites for hydroxylation is 1. The van der Waals surface area contributed by atoms with Gasteiger partial charge in [0.15, 0.2) is 0 Å². The molecule has 0 atom stereocenters. The van der Waals surface area contributed by atoms with Crippen LogP contribution in [0.1, 0.15) is 30.1 Å². The molecule has 0 aliphatic carbocycles. The number of piperidine rings is 1. The van der Waals surface area contributed by atoms with Crippen molar-refractivity contribution in [3.63, 3.8) is 0 Å². The van der Waals surface area contributed by atoms with Gasteiger partial charge in [0.05, 0.1) is 6.42 Å². The number of aromatic nitrogens is 4. The summed E-state index contributed by atoms with van der Waals surface area (Å²) in [5.41, 5.74) is 1.02. The zero-order chi connectivity index (χ0) is 14.7. The highest BCUT2D eigenvalue weighted by Gasteiger charge is 2.26. The lowest BCUT2D eigenvalue weighted by Gasteiger charge is -2.31. The van der Waals surface area contributed by atoms with E-state index in [1.165, 1.54) is 0 Å². The van der Waals surface area contributed by atoms with Crippen LogP contribution in [-0.4, -0.2) is 43.6 Å². The molecule has 2 aromatic rings. The van der Waals surface area contributed by atoms with Gasteiger partial charge in [-0.25, -0.2) is 0 Å². The SMILES string of the molecule is Cn1cnnc1C1CCN(C(=O)Cc2ccncc2)CC1. The van der Waals surface area contributed by atoms with Crippen LogP contribution in [0.25, 0.3) is 0 Å². The van der Waals surface area contributed by atoms with E-state index in [4.69, 9.17) is 0 Å². The number of hydrogen-bond donors (Lipinski definition) is 0. The third-order valence-electron chi connectivity index (χ3n) is 4.06. The maximum Gasteiger partial charge on any atom is 0.226 e. The molecule has 0 bridgehead atoms. The number of amides is 1. The fourth-order valence-electron chi connectivity index (χ4n) is 2.84. The second kappa shape index (κ2) is 6.03. The van der Waals surface area contributed by atoms with E-state index in [9.17, 15) is 4.79 Å². The van der Waals surface area contributed by atoms with Crippen LogP contribution < -0.4 is 0 Å². The largest absolute Gasteiger partial charge is 0.342 e. The quantitative estimate of drug-likeness (QED) is 0.849. The van der Waals surface area contributed by atoms with Crippen LogP contribution in [-0.2, 0) is 18.3 Å². The number of hydrogen-bond acceptors (Lipinski definition) is 4. The standard InChI is InChI=1S/C15H19N5O/c1-19-11-17-18-15(19)13-4-8-20(9-5-13)14(21)10-12-2-6-16-7-3-12/h2-3,6-7,11,13H,4-5,8-10H2,1H3. The van der Waals surface area contributed by atoms with Gasteiger partial charge in [0.2, 0.25) is 5.91 Å². The van der Waals surface area contributed by atoms with Gasteiger partial charge in [-0.05, 0) is 30.5 Å². The van der Waals surface area contributed by atoms with Gasteiger partial charge in [0, 0.05) is 38.4 Å². The van der Waals surface area contributed by atoms with Crippen molar-refractivity contribution in [1.82, 2.24) is 24.6 Å². The van der Waals surface area contributed by atoms with Crippen molar-refractivity contribution < 1.29 is 4.79 Å². The molecule has 1 amide bonds. The maximum absolute atomic E-state index is 12.3. The summed E-state index contributed by atoms with van der Waals surface area (Å²) in [5, 5.41) is 8.11. The molecule has 0 spiro atoms. The zero-order valence-electron chi connectivity index (χ0n) is 12.1. The van der Waals surface area contributed by atoms with E-state index in [0.717, 1.165) is 37.3 Å². The summed E-state index contributed by atoms with van der Waals surface area (Å²) in [7, 11) is 1.97. The fraction of sp³-hybridized carbons (Fsp3) is 0.467. The minimum Gasteiger partial charge on any atom is -0.342 e. The van der Waals surface area contributed by atoms with E-state index in [0.29, 0.717) is 12.3 Å². The third kappa shape index (κ3) is 3.09. The molecule has 0 aromatic carbocycles. The monoisotopic (exact) mass is 285 g/mol. The maximum atomic E-state index is 12.3. The molecule has 3 rings (SSSR count). The summed E-state index contributed by atoms with van der Waals surface area (Å²) in [5.74, 6) is 1.62. The first-order valence-electron chi connectivity index (χ1n) is 7.24. The van der Waals surface area contributed by atoms with Crippen molar-refractivity contribution in [3.8, 4) is 0 Å². The molecule has 0 radical (unpaired) electrons. The number of carbonyl (C=O) groups excluding carboxylic acids is 1. The summed E-state index contributed by atoms with van der Waals surface area (Å²) in [6, 6.07) is 3.79.